The molecule has 0 spiro atoms. The van der Waals surface area contributed by atoms with Crippen LogP contribution in [-0.4, -0.2) is 22.9 Å². The number of thiophene rings is 1. The van der Waals surface area contributed by atoms with Crippen LogP contribution < -0.4 is 10.1 Å². The van der Waals surface area contributed by atoms with Crippen molar-refractivity contribution in [3.05, 3.63) is 63.6 Å². The van der Waals surface area contributed by atoms with E-state index in [9.17, 15) is 4.79 Å². The molecule has 1 aliphatic rings. The summed E-state index contributed by atoms with van der Waals surface area (Å²) in [7, 11) is 1.64. The highest BCUT2D eigenvalue weighted by Gasteiger charge is 2.30. The molecule has 5 nitrogen and oxygen atoms in total. The van der Waals surface area contributed by atoms with Crippen molar-refractivity contribution in [3.63, 3.8) is 0 Å². The second kappa shape index (κ2) is 6.88. The maximum atomic E-state index is 12.6. The monoisotopic (exact) mass is 365 g/mol. The number of nitrogens with one attached hydrogen (secondary N) is 1. The molecule has 0 radical (unpaired) electrons. The molecule has 132 valence electrons. The summed E-state index contributed by atoms with van der Waals surface area (Å²) in [6.45, 7) is 1.88. The summed E-state index contributed by atoms with van der Waals surface area (Å²) in [5.74, 6) is 1.66. The Balaban J connectivity index is 1.63. The van der Waals surface area contributed by atoms with Crippen LogP contribution in [0.3, 0.4) is 0 Å². The lowest BCUT2D eigenvalue weighted by Crippen LogP contribution is -2.22. The summed E-state index contributed by atoms with van der Waals surface area (Å²) < 4.78 is 5.18. The van der Waals surface area contributed by atoms with Gasteiger partial charge in [0, 0.05) is 22.9 Å². The van der Waals surface area contributed by atoms with Gasteiger partial charge in [-0.15, -0.1) is 11.3 Å². The first kappa shape index (κ1) is 16.7. The largest absolute Gasteiger partial charge is 0.497 e. The van der Waals surface area contributed by atoms with Crippen molar-refractivity contribution < 1.29 is 9.53 Å². The number of anilines is 2. The van der Waals surface area contributed by atoms with E-state index in [4.69, 9.17) is 4.74 Å². The fraction of sp³-hybridized carbons (Fsp3) is 0.250. The second-order valence-electron chi connectivity index (χ2n) is 6.35. The van der Waals surface area contributed by atoms with Gasteiger partial charge in [0.05, 0.1) is 24.1 Å². The Hall–Kier alpha value is -2.73. The number of aryl methyl sites for hydroxylation is 1. The zero-order valence-electron chi connectivity index (χ0n) is 14.7. The number of carbonyl (C=O) groups is 1. The number of ether oxygens (including phenoxy) is 1. The van der Waals surface area contributed by atoms with Gasteiger partial charge < -0.3 is 10.1 Å². The number of fused-ring (bicyclic) bond motifs is 1. The molecule has 1 atom stereocenters. The van der Waals surface area contributed by atoms with E-state index in [0.717, 1.165) is 29.2 Å². The van der Waals surface area contributed by atoms with Crippen LogP contribution in [0.25, 0.3) is 0 Å². The quantitative estimate of drug-likeness (QED) is 0.737. The molecule has 0 unspecified atom stereocenters. The normalized spacial score (nSPS) is 16.2. The number of hydrogen-bond acceptors (Lipinski definition) is 6. The maximum Gasteiger partial charge on any atom is 0.227 e. The molecule has 1 aromatic carbocycles. The molecule has 0 aliphatic heterocycles. The van der Waals surface area contributed by atoms with Gasteiger partial charge >= 0.3 is 0 Å². The Labute approximate surface area is 156 Å². The topological polar surface area (TPSA) is 64.1 Å². The van der Waals surface area contributed by atoms with Gasteiger partial charge in [0.15, 0.2) is 5.78 Å². The lowest BCUT2D eigenvalue weighted by atomic mass is 9.84. The molecule has 26 heavy (non-hydrogen) atoms. The number of carbonyl (C=O) groups excluding carboxylic acids is 1. The van der Waals surface area contributed by atoms with Gasteiger partial charge in [-0.05, 0) is 49.1 Å². The highest BCUT2D eigenvalue weighted by atomic mass is 32.1. The van der Waals surface area contributed by atoms with Crippen LogP contribution in [0, 0.1) is 6.92 Å². The Bertz CT molecular complexity index is 936. The van der Waals surface area contributed by atoms with Gasteiger partial charge in [0.25, 0.3) is 0 Å². The number of benzene rings is 1. The van der Waals surface area contributed by atoms with E-state index in [1.165, 1.54) is 4.88 Å². The minimum atomic E-state index is 0.137. The summed E-state index contributed by atoms with van der Waals surface area (Å²) in [4.78, 5) is 23.0. The van der Waals surface area contributed by atoms with Gasteiger partial charge in [-0.3, -0.25) is 4.79 Å². The number of ketones is 1. The first-order chi connectivity index (χ1) is 12.6. The molecule has 0 saturated carbocycles. The van der Waals surface area contributed by atoms with Crippen LogP contribution >= 0.6 is 11.3 Å². The van der Waals surface area contributed by atoms with Gasteiger partial charge in [-0.2, -0.15) is 0 Å². The zero-order chi connectivity index (χ0) is 18.1. The first-order valence-electron chi connectivity index (χ1n) is 8.49. The number of hydrogen-bond donors (Lipinski definition) is 1. The minimum Gasteiger partial charge on any atom is -0.497 e. The van der Waals surface area contributed by atoms with Crippen LogP contribution in [0.4, 0.5) is 11.6 Å². The smallest absolute Gasteiger partial charge is 0.227 e. The van der Waals surface area contributed by atoms with E-state index in [1.807, 2.05) is 37.3 Å². The number of rotatable bonds is 4. The van der Waals surface area contributed by atoms with Crippen molar-refractivity contribution in [2.24, 2.45) is 0 Å². The molecule has 2 heterocycles. The Morgan fingerprint density at radius 2 is 1.96 bits per heavy atom. The minimum absolute atomic E-state index is 0.137. The predicted molar refractivity (Wildman–Crippen MR) is 103 cm³/mol. The molecular formula is C20H19N3O2S. The molecule has 1 N–H and O–H groups in total. The number of methoxy groups -OCH3 is 1. The SMILES string of the molecule is COc1ccc(Nc2nc(C)c3c(n2)C[C@H](c2cccs2)CC3=O)cc1. The number of aromatic nitrogens is 2. The van der Waals surface area contributed by atoms with Crippen molar-refractivity contribution in [1.82, 2.24) is 9.97 Å². The maximum absolute atomic E-state index is 12.6. The van der Waals surface area contributed by atoms with Crippen molar-refractivity contribution in [2.45, 2.75) is 25.7 Å². The van der Waals surface area contributed by atoms with Crippen molar-refractivity contribution in [2.75, 3.05) is 12.4 Å². The Morgan fingerprint density at radius 3 is 2.65 bits per heavy atom. The van der Waals surface area contributed by atoms with Crippen molar-refractivity contribution in [3.8, 4) is 5.75 Å². The molecular weight excluding hydrogens is 346 g/mol. The van der Waals surface area contributed by atoms with Crippen LogP contribution in [0.1, 0.15) is 39.0 Å². The molecule has 0 saturated heterocycles. The van der Waals surface area contributed by atoms with Crippen molar-refractivity contribution in [1.29, 1.82) is 0 Å². The van der Waals surface area contributed by atoms with E-state index in [0.29, 0.717) is 17.9 Å². The van der Waals surface area contributed by atoms with Crippen LogP contribution in [0.2, 0.25) is 0 Å². The molecule has 4 rings (SSSR count). The number of Topliss-reactive ketones (excluding diaryl/α,β-unsaturated/α-hetero) is 1. The van der Waals surface area contributed by atoms with Crippen LogP contribution in [0.15, 0.2) is 41.8 Å². The number of nitrogens with zero attached hydrogens (tertiary/aromatic N) is 2. The predicted octanol–water partition coefficient (Wildman–Crippen LogP) is 4.51. The Kier molecular flexibility index (Phi) is 4.42. The summed E-state index contributed by atoms with van der Waals surface area (Å²) in [6.07, 6.45) is 1.30. The average molecular weight is 365 g/mol. The van der Waals surface area contributed by atoms with Gasteiger partial charge in [-0.1, -0.05) is 6.07 Å². The molecule has 0 fully saturated rings. The third-order valence-electron chi connectivity index (χ3n) is 4.61. The highest BCUT2D eigenvalue weighted by molar-refractivity contribution is 7.10. The molecule has 0 amide bonds. The van der Waals surface area contributed by atoms with Crippen molar-refractivity contribution >= 4 is 28.8 Å². The average Bonchev–Trinajstić information content (AvgIpc) is 3.16. The van der Waals surface area contributed by atoms with E-state index in [-0.39, 0.29) is 11.7 Å². The second-order valence-corrected chi connectivity index (χ2v) is 7.33. The zero-order valence-corrected chi connectivity index (χ0v) is 15.5. The summed E-state index contributed by atoms with van der Waals surface area (Å²) in [6, 6.07) is 11.7. The van der Waals surface area contributed by atoms with Gasteiger partial charge in [0.1, 0.15) is 5.75 Å². The fourth-order valence-electron chi connectivity index (χ4n) is 3.36. The van der Waals surface area contributed by atoms with E-state index in [2.05, 4.69) is 26.7 Å². The standard InChI is InChI=1S/C20H19N3O2S/c1-12-19-16(10-13(11-17(19)24)18-4-3-9-26-18)23-20(21-12)22-14-5-7-15(25-2)8-6-14/h3-9,13H,10-11H2,1-2H3,(H,21,22,23)/t13-/m0/s1. The van der Waals surface area contributed by atoms with Crippen LogP contribution in [-0.2, 0) is 6.42 Å². The lowest BCUT2D eigenvalue weighted by Gasteiger charge is -2.23. The fourth-order valence-corrected chi connectivity index (χ4v) is 4.19. The molecule has 0 bridgehead atoms. The van der Waals surface area contributed by atoms with Crippen LogP contribution in [0.5, 0.6) is 5.75 Å². The third kappa shape index (κ3) is 3.20. The highest BCUT2D eigenvalue weighted by Crippen LogP contribution is 2.35. The molecule has 3 aromatic rings. The summed E-state index contributed by atoms with van der Waals surface area (Å²) >= 11 is 1.70. The van der Waals surface area contributed by atoms with Gasteiger partial charge in [-0.25, -0.2) is 9.97 Å². The third-order valence-corrected chi connectivity index (χ3v) is 5.64. The van der Waals surface area contributed by atoms with E-state index >= 15 is 0 Å². The molecule has 2 aromatic heterocycles. The van der Waals surface area contributed by atoms with Gasteiger partial charge in [0.2, 0.25) is 5.95 Å². The molecule has 6 heteroatoms. The summed E-state index contributed by atoms with van der Waals surface area (Å²) in [5.41, 5.74) is 3.14. The molecule has 1 aliphatic carbocycles. The Morgan fingerprint density at radius 1 is 1.15 bits per heavy atom. The lowest BCUT2D eigenvalue weighted by molar-refractivity contribution is 0.0962. The van der Waals surface area contributed by atoms with E-state index < -0.39 is 0 Å². The summed E-state index contributed by atoms with van der Waals surface area (Å²) in [5, 5.41) is 5.28. The van der Waals surface area contributed by atoms with E-state index in [1.54, 1.807) is 18.4 Å². The first-order valence-corrected chi connectivity index (χ1v) is 9.37.